The lowest BCUT2D eigenvalue weighted by Gasteiger charge is -2.07. The van der Waals surface area contributed by atoms with Crippen molar-refractivity contribution in [2.24, 2.45) is 0 Å². The van der Waals surface area contributed by atoms with Crippen LogP contribution in [0.15, 0.2) is 18.2 Å². The molecule has 0 saturated heterocycles. The predicted molar refractivity (Wildman–Crippen MR) is 51.5 cm³/mol. The average Bonchev–Trinajstić information content (AvgIpc) is 2.16. The molecule has 0 N–H and O–H groups in total. The predicted octanol–water partition coefficient (Wildman–Crippen LogP) is 3.23. The largest absolute Gasteiger partial charge is 0.238 e. The summed E-state index contributed by atoms with van der Waals surface area (Å²) < 4.78 is 0. The van der Waals surface area contributed by atoms with Crippen molar-refractivity contribution in [2.75, 3.05) is 0 Å². The molecule has 0 aliphatic carbocycles. The summed E-state index contributed by atoms with van der Waals surface area (Å²) in [4.78, 5) is 3.40. The molecule has 64 valence electrons. The minimum atomic E-state index is 0.330. The molecule has 0 amide bonds. The number of nitriles is 1. The van der Waals surface area contributed by atoms with Crippen LogP contribution in [0.25, 0.3) is 4.85 Å². The Hall–Kier alpha value is -1.80. The fourth-order valence-corrected chi connectivity index (χ4v) is 1.20. The summed E-state index contributed by atoms with van der Waals surface area (Å²) in [5.41, 5.74) is 2.15. The second-order valence-corrected chi connectivity index (χ2v) is 3.15. The molecule has 0 fully saturated rings. The lowest BCUT2D eigenvalue weighted by atomic mass is 10.00. The molecule has 0 bridgehead atoms. The van der Waals surface area contributed by atoms with E-state index in [9.17, 15) is 0 Å². The Balaban J connectivity index is 3.28. The van der Waals surface area contributed by atoms with Crippen LogP contribution in [0.1, 0.15) is 30.9 Å². The third kappa shape index (κ3) is 1.86. The van der Waals surface area contributed by atoms with Crippen LogP contribution in [0.4, 0.5) is 5.69 Å². The van der Waals surface area contributed by atoms with Crippen molar-refractivity contribution < 1.29 is 0 Å². The highest BCUT2D eigenvalue weighted by atomic mass is 14.6. The van der Waals surface area contributed by atoms with Crippen molar-refractivity contribution in [1.29, 1.82) is 5.26 Å². The molecule has 2 heteroatoms. The number of benzene rings is 1. The summed E-state index contributed by atoms with van der Waals surface area (Å²) in [5.74, 6) is 0.330. The maximum atomic E-state index is 8.63. The summed E-state index contributed by atoms with van der Waals surface area (Å²) in [5, 5.41) is 8.63. The SMILES string of the molecule is [C-]#[N+]c1cc(C#N)ccc1C(C)C. The monoisotopic (exact) mass is 170 g/mol. The van der Waals surface area contributed by atoms with Crippen molar-refractivity contribution in [3.05, 3.63) is 40.7 Å². The number of hydrogen-bond donors (Lipinski definition) is 0. The summed E-state index contributed by atoms with van der Waals surface area (Å²) >= 11 is 0. The zero-order valence-electron chi connectivity index (χ0n) is 7.70. The Bertz CT molecular complexity index is 392. The Labute approximate surface area is 78.3 Å². The van der Waals surface area contributed by atoms with Crippen LogP contribution in [0.2, 0.25) is 0 Å². The highest BCUT2D eigenvalue weighted by Crippen LogP contribution is 2.27. The Kier molecular flexibility index (Phi) is 2.67. The third-order valence-electron chi connectivity index (χ3n) is 1.90. The molecule has 0 heterocycles. The average molecular weight is 170 g/mol. The van der Waals surface area contributed by atoms with Gasteiger partial charge in [-0.25, -0.2) is 4.85 Å². The quantitative estimate of drug-likeness (QED) is 0.594. The van der Waals surface area contributed by atoms with Gasteiger partial charge in [0.25, 0.3) is 0 Å². The lowest BCUT2D eigenvalue weighted by molar-refractivity contribution is 0.871. The van der Waals surface area contributed by atoms with E-state index >= 15 is 0 Å². The van der Waals surface area contributed by atoms with Crippen molar-refractivity contribution >= 4 is 5.69 Å². The highest BCUT2D eigenvalue weighted by molar-refractivity contribution is 5.57. The molecule has 0 radical (unpaired) electrons. The van der Waals surface area contributed by atoms with Crippen molar-refractivity contribution in [3.8, 4) is 6.07 Å². The van der Waals surface area contributed by atoms with Crippen LogP contribution in [0, 0.1) is 17.9 Å². The van der Waals surface area contributed by atoms with E-state index in [4.69, 9.17) is 11.8 Å². The summed E-state index contributed by atoms with van der Waals surface area (Å²) in [7, 11) is 0. The number of rotatable bonds is 1. The molecule has 2 nitrogen and oxygen atoms in total. The minimum absolute atomic E-state index is 0.330. The van der Waals surface area contributed by atoms with Crippen molar-refractivity contribution in [2.45, 2.75) is 19.8 Å². The first kappa shape index (κ1) is 9.29. The van der Waals surface area contributed by atoms with Crippen LogP contribution >= 0.6 is 0 Å². The van der Waals surface area contributed by atoms with Gasteiger partial charge in [0, 0.05) is 5.56 Å². The molecule has 0 aliphatic heterocycles. The van der Waals surface area contributed by atoms with Gasteiger partial charge in [-0.2, -0.15) is 5.26 Å². The van der Waals surface area contributed by atoms with E-state index in [-0.39, 0.29) is 0 Å². The standard InChI is InChI=1S/C11H10N2/c1-8(2)10-5-4-9(7-12)6-11(10)13-3/h4-6,8H,1-2H3. The van der Waals surface area contributed by atoms with Crippen LogP contribution in [-0.2, 0) is 0 Å². The number of hydrogen-bond acceptors (Lipinski definition) is 1. The van der Waals surface area contributed by atoms with E-state index < -0.39 is 0 Å². The normalized spacial score (nSPS) is 9.31. The molecule has 0 saturated carbocycles. The lowest BCUT2D eigenvalue weighted by Crippen LogP contribution is -1.87. The number of nitrogens with zero attached hydrogens (tertiary/aromatic N) is 2. The van der Waals surface area contributed by atoms with Crippen molar-refractivity contribution in [1.82, 2.24) is 0 Å². The van der Waals surface area contributed by atoms with E-state index in [0.717, 1.165) is 5.56 Å². The van der Waals surface area contributed by atoms with Gasteiger partial charge >= 0.3 is 0 Å². The molecular weight excluding hydrogens is 160 g/mol. The molecule has 0 spiro atoms. The van der Waals surface area contributed by atoms with Crippen LogP contribution in [0.5, 0.6) is 0 Å². The fourth-order valence-electron chi connectivity index (χ4n) is 1.20. The summed E-state index contributed by atoms with van der Waals surface area (Å²) in [6, 6.07) is 7.28. The van der Waals surface area contributed by atoms with Gasteiger partial charge in [0.2, 0.25) is 0 Å². The van der Waals surface area contributed by atoms with Crippen molar-refractivity contribution in [3.63, 3.8) is 0 Å². The van der Waals surface area contributed by atoms with Gasteiger partial charge < -0.3 is 0 Å². The van der Waals surface area contributed by atoms with Gasteiger partial charge in [0.1, 0.15) is 0 Å². The third-order valence-corrected chi connectivity index (χ3v) is 1.90. The first-order chi connectivity index (χ1) is 6.19. The Morgan fingerprint density at radius 3 is 2.62 bits per heavy atom. The molecule has 0 atom stereocenters. The van der Waals surface area contributed by atoms with E-state index in [2.05, 4.69) is 4.85 Å². The van der Waals surface area contributed by atoms with Gasteiger partial charge in [-0.15, -0.1) is 0 Å². The van der Waals surface area contributed by atoms with Crippen LogP contribution in [-0.4, -0.2) is 0 Å². The molecular formula is C11H10N2. The van der Waals surface area contributed by atoms with Gasteiger partial charge in [-0.05, 0) is 23.6 Å². The molecule has 0 unspecified atom stereocenters. The summed E-state index contributed by atoms with van der Waals surface area (Å²) in [6.45, 7) is 11.0. The molecule has 13 heavy (non-hydrogen) atoms. The van der Waals surface area contributed by atoms with Gasteiger partial charge in [0.05, 0.1) is 12.6 Å². The zero-order valence-corrected chi connectivity index (χ0v) is 7.70. The van der Waals surface area contributed by atoms with Gasteiger partial charge in [0.15, 0.2) is 5.69 Å². The second kappa shape index (κ2) is 3.74. The van der Waals surface area contributed by atoms with Crippen LogP contribution < -0.4 is 0 Å². The topological polar surface area (TPSA) is 28.1 Å². The maximum absolute atomic E-state index is 8.63. The molecule has 1 aromatic rings. The Morgan fingerprint density at radius 1 is 1.46 bits per heavy atom. The second-order valence-electron chi connectivity index (χ2n) is 3.15. The maximum Gasteiger partial charge on any atom is 0.191 e. The van der Waals surface area contributed by atoms with Gasteiger partial charge in [-0.3, -0.25) is 0 Å². The zero-order chi connectivity index (χ0) is 9.84. The Morgan fingerprint density at radius 2 is 2.15 bits per heavy atom. The first-order valence-electron chi connectivity index (χ1n) is 4.10. The highest BCUT2D eigenvalue weighted by Gasteiger charge is 2.06. The molecule has 1 aromatic carbocycles. The van der Waals surface area contributed by atoms with E-state index in [1.54, 1.807) is 12.1 Å². The van der Waals surface area contributed by atoms with E-state index in [1.807, 2.05) is 26.0 Å². The molecule has 0 aromatic heterocycles. The fraction of sp³-hybridized carbons (Fsp3) is 0.273. The summed E-state index contributed by atoms with van der Waals surface area (Å²) in [6.07, 6.45) is 0. The molecule has 0 aliphatic rings. The molecule has 1 rings (SSSR count). The van der Waals surface area contributed by atoms with E-state index in [0.29, 0.717) is 17.2 Å². The first-order valence-corrected chi connectivity index (χ1v) is 4.10. The van der Waals surface area contributed by atoms with Gasteiger partial charge in [-0.1, -0.05) is 19.9 Å². The minimum Gasteiger partial charge on any atom is -0.238 e. The smallest absolute Gasteiger partial charge is 0.191 e. The van der Waals surface area contributed by atoms with Crippen LogP contribution in [0.3, 0.4) is 0 Å². The van der Waals surface area contributed by atoms with E-state index in [1.165, 1.54) is 0 Å².